The van der Waals surface area contributed by atoms with E-state index in [1.807, 2.05) is 19.1 Å². The van der Waals surface area contributed by atoms with Gasteiger partial charge in [0.05, 0.1) is 23.0 Å². The van der Waals surface area contributed by atoms with Gasteiger partial charge in [-0.15, -0.1) is 0 Å². The molecule has 2 heterocycles. The zero-order valence-corrected chi connectivity index (χ0v) is 11.4. The average Bonchev–Trinajstić information content (AvgIpc) is 2.50. The number of pyridine rings is 1. The van der Waals surface area contributed by atoms with Crippen molar-refractivity contribution in [2.75, 3.05) is 5.32 Å². The summed E-state index contributed by atoms with van der Waals surface area (Å²) in [5.41, 5.74) is 1.92. The monoisotopic (exact) mass is 282 g/mol. The van der Waals surface area contributed by atoms with E-state index in [9.17, 15) is 9.59 Å². The lowest BCUT2D eigenvalue weighted by molar-refractivity contribution is 0.975. The molecular formula is C15H14N4O2. The highest BCUT2D eigenvalue weighted by Gasteiger charge is 2.07. The van der Waals surface area contributed by atoms with Gasteiger partial charge in [-0.2, -0.15) is 0 Å². The van der Waals surface area contributed by atoms with Gasteiger partial charge in [-0.1, -0.05) is 12.1 Å². The summed E-state index contributed by atoms with van der Waals surface area (Å²) >= 11 is 0. The summed E-state index contributed by atoms with van der Waals surface area (Å²) < 4.78 is 0. The number of hydrogen-bond acceptors (Lipinski definition) is 4. The molecule has 2 aromatic heterocycles. The van der Waals surface area contributed by atoms with Crippen LogP contribution in [0, 0.1) is 6.92 Å². The highest BCUT2D eigenvalue weighted by atomic mass is 16.1. The minimum absolute atomic E-state index is 0.318. The quantitative estimate of drug-likeness (QED) is 0.679. The summed E-state index contributed by atoms with van der Waals surface area (Å²) in [4.78, 5) is 28.0. The van der Waals surface area contributed by atoms with Crippen LogP contribution < -0.4 is 16.4 Å². The molecule has 0 bridgehead atoms. The number of nitrogens with zero attached hydrogens (tertiary/aromatic N) is 1. The van der Waals surface area contributed by atoms with Crippen LogP contribution in [-0.4, -0.2) is 15.2 Å². The van der Waals surface area contributed by atoms with E-state index in [-0.39, 0.29) is 11.1 Å². The molecule has 1 aromatic carbocycles. The first-order valence-corrected chi connectivity index (χ1v) is 6.54. The van der Waals surface area contributed by atoms with Crippen LogP contribution in [0.5, 0.6) is 0 Å². The second-order valence-corrected chi connectivity index (χ2v) is 4.82. The van der Waals surface area contributed by atoms with Crippen molar-refractivity contribution in [3.63, 3.8) is 0 Å². The molecule has 21 heavy (non-hydrogen) atoms. The second kappa shape index (κ2) is 5.24. The molecule has 0 spiro atoms. The minimum Gasteiger partial charge on any atom is -0.379 e. The van der Waals surface area contributed by atoms with Crippen LogP contribution in [0.3, 0.4) is 0 Å². The van der Waals surface area contributed by atoms with Gasteiger partial charge < -0.3 is 5.32 Å². The van der Waals surface area contributed by atoms with Gasteiger partial charge in [0.1, 0.15) is 0 Å². The van der Waals surface area contributed by atoms with Crippen molar-refractivity contribution in [2.45, 2.75) is 13.5 Å². The lowest BCUT2D eigenvalue weighted by atomic mass is 10.1. The van der Waals surface area contributed by atoms with E-state index in [1.54, 1.807) is 24.4 Å². The zero-order valence-electron chi connectivity index (χ0n) is 11.4. The zero-order chi connectivity index (χ0) is 14.8. The first kappa shape index (κ1) is 13.1. The number of aromatic amines is 2. The molecule has 3 aromatic rings. The van der Waals surface area contributed by atoms with Crippen molar-refractivity contribution in [3.8, 4) is 0 Å². The van der Waals surface area contributed by atoms with Crippen LogP contribution in [-0.2, 0) is 6.54 Å². The topological polar surface area (TPSA) is 90.6 Å². The molecule has 0 fully saturated rings. The average molecular weight is 282 g/mol. The van der Waals surface area contributed by atoms with Crippen LogP contribution in [0.1, 0.15) is 11.3 Å². The molecule has 106 valence electrons. The van der Waals surface area contributed by atoms with Crippen LogP contribution in [0.2, 0.25) is 0 Å². The van der Waals surface area contributed by atoms with Crippen LogP contribution in [0.25, 0.3) is 10.8 Å². The first-order valence-electron chi connectivity index (χ1n) is 6.54. The van der Waals surface area contributed by atoms with E-state index in [2.05, 4.69) is 20.5 Å². The molecule has 0 saturated heterocycles. The number of rotatable bonds is 3. The van der Waals surface area contributed by atoms with Gasteiger partial charge in [-0.25, -0.2) is 0 Å². The predicted molar refractivity (Wildman–Crippen MR) is 81.5 cm³/mol. The second-order valence-electron chi connectivity index (χ2n) is 4.82. The van der Waals surface area contributed by atoms with Gasteiger partial charge in [0.15, 0.2) is 0 Å². The van der Waals surface area contributed by atoms with E-state index in [4.69, 9.17) is 0 Å². The molecule has 0 unspecified atom stereocenters. The number of aryl methyl sites for hydroxylation is 1. The fourth-order valence-electron chi connectivity index (χ4n) is 2.17. The molecule has 6 heteroatoms. The third-order valence-electron chi connectivity index (χ3n) is 3.26. The molecule has 0 amide bonds. The Hall–Kier alpha value is -2.89. The van der Waals surface area contributed by atoms with E-state index < -0.39 is 0 Å². The molecule has 0 aliphatic carbocycles. The predicted octanol–water partition coefficient (Wildman–Crippen LogP) is 1.53. The Morgan fingerprint density at radius 3 is 2.67 bits per heavy atom. The first-order chi connectivity index (χ1) is 10.1. The molecule has 0 aliphatic rings. The maximum atomic E-state index is 11.9. The summed E-state index contributed by atoms with van der Waals surface area (Å²) in [5.74, 6) is 0. The summed E-state index contributed by atoms with van der Waals surface area (Å²) in [5, 5.41) is 8.53. The molecule has 0 aliphatic heterocycles. The van der Waals surface area contributed by atoms with E-state index in [1.165, 1.54) is 0 Å². The van der Waals surface area contributed by atoms with Gasteiger partial charge in [0.25, 0.3) is 11.1 Å². The summed E-state index contributed by atoms with van der Waals surface area (Å²) in [6.45, 7) is 2.45. The van der Waals surface area contributed by atoms with Crippen molar-refractivity contribution in [3.05, 3.63) is 68.5 Å². The van der Waals surface area contributed by atoms with Crippen molar-refractivity contribution in [1.29, 1.82) is 0 Å². The number of nitrogens with one attached hydrogen (secondary N) is 3. The summed E-state index contributed by atoms with van der Waals surface area (Å²) in [6, 6.07) is 9.03. The van der Waals surface area contributed by atoms with E-state index in [0.717, 1.165) is 11.3 Å². The Morgan fingerprint density at radius 2 is 1.90 bits per heavy atom. The van der Waals surface area contributed by atoms with Gasteiger partial charge in [0, 0.05) is 11.9 Å². The fourth-order valence-corrected chi connectivity index (χ4v) is 2.17. The van der Waals surface area contributed by atoms with Crippen molar-refractivity contribution in [2.24, 2.45) is 0 Å². The highest BCUT2D eigenvalue weighted by molar-refractivity contribution is 5.92. The van der Waals surface area contributed by atoms with Gasteiger partial charge in [-0.05, 0) is 30.7 Å². The Bertz CT molecular complexity index is 894. The third-order valence-corrected chi connectivity index (χ3v) is 3.26. The number of benzene rings is 1. The molecular weight excluding hydrogens is 268 g/mol. The number of anilines is 1. The minimum atomic E-state index is -0.329. The fraction of sp³-hybridized carbons (Fsp3) is 0.133. The molecule has 0 atom stereocenters. The molecule has 0 radical (unpaired) electrons. The largest absolute Gasteiger partial charge is 0.379 e. The molecule has 6 nitrogen and oxygen atoms in total. The molecule has 3 N–H and O–H groups in total. The molecule has 0 saturated carbocycles. The lowest BCUT2D eigenvalue weighted by Gasteiger charge is -2.08. The van der Waals surface area contributed by atoms with Crippen molar-refractivity contribution < 1.29 is 0 Å². The Kier molecular flexibility index (Phi) is 3.27. The Morgan fingerprint density at radius 1 is 1.10 bits per heavy atom. The van der Waals surface area contributed by atoms with Crippen LogP contribution >= 0.6 is 0 Å². The van der Waals surface area contributed by atoms with Crippen molar-refractivity contribution in [1.82, 2.24) is 15.2 Å². The smallest absolute Gasteiger partial charge is 0.272 e. The number of fused-ring (bicyclic) bond motifs is 1. The maximum Gasteiger partial charge on any atom is 0.272 e. The normalized spacial score (nSPS) is 10.7. The summed E-state index contributed by atoms with van der Waals surface area (Å²) in [6.07, 6.45) is 1.79. The SMILES string of the molecule is Cc1ccc(CNc2cccc3c(=O)[nH][nH]c(=O)c23)nc1. The van der Waals surface area contributed by atoms with E-state index >= 15 is 0 Å². The van der Waals surface area contributed by atoms with Gasteiger partial charge >= 0.3 is 0 Å². The lowest BCUT2D eigenvalue weighted by Crippen LogP contribution is -2.20. The number of hydrogen-bond donors (Lipinski definition) is 3. The van der Waals surface area contributed by atoms with Gasteiger partial charge in [0.2, 0.25) is 0 Å². The number of aromatic nitrogens is 3. The third kappa shape index (κ3) is 2.55. The Balaban J connectivity index is 1.98. The maximum absolute atomic E-state index is 11.9. The summed E-state index contributed by atoms with van der Waals surface area (Å²) in [7, 11) is 0. The van der Waals surface area contributed by atoms with Gasteiger partial charge in [-0.3, -0.25) is 24.8 Å². The number of H-pyrrole nitrogens is 2. The standard InChI is InChI=1S/C15H14N4O2/c1-9-5-6-10(16-7-9)8-17-12-4-2-3-11-13(12)15(21)19-18-14(11)20/h2-7,17H,8H2,1H3,(H,18,20)(H,19,21). The van der Waals surface area contributed by atoms with Crippen LogP contribution in [0.4, 0.5) is 5.69 Å². The highest BCUT2D eigenvalue weighted by Crippen LogP contribution is 2.17. The van der Waals surface area contributed by atoms with Crippen LogP contribution in [0.15, 0.2) is 46.1 Å². The molecule has 3 rings (SSSR count). The Labute approximate surface area is 119 Å². The van der Waals surface area contributed by atoms with E-state index in [0.29, 0.717) is 23.0 Å². The van der Waals surface area contributed by atoms with Crippen molar-refractivity contribution >= 4 is 16.5 Å².